The zero-order valence-electron chi connectivity index (χ0n) is 13.4. The van der Waals surface area contributed by atoms with Crippen molar-refractivity contribution in [1.29, 1.82) is 0 Å². The van der Waals surface area contributed by atoms with Gasteiger partial charge in [-0.1, -0.05) is 17.7 Å². The van der Waals surface area contributed by atoms with Crippen molar-refractivity contribution >= 4 is 28.2 Å². The summed E-state index contributed by atoms with van der Waals surface area (Å²) in [4.78, 5) is 24.5. The second kappa shape index (κ2) is 7.28. The van der Waals surface area contributed by atoms with Gasteiger partial charge in [0.1, 0.15) is 10.8 Å². The van der Waals surface area contributed by atoms with Crippen LogP contribution in [0.25, 0.3) is 0 Å². The standard InChI is InChI=1S/C17H20N2O3S/c1-10-4-6-13(7-5-10)22-9-8-14(20)19-17-15(16(18)21)11(2)12(3)23-17/h4-7H,8-9H2,1-3H3,(H2,18,21)(H,19,20). The average Bonchev–Trinajstić information content (AvgIpc) is 2.75. The van der Waals surface area contributed by atoms with Gasteiger partial charge < -0.3 is 15.8 Å². The first-order valence-electron chi connectivity index (χ1n) is 7.27. The molecule has 23 heavy (non-hydrogen) atoms. The number of ether oxygens (including phenoxy) is 1. The minimum absolute atomic E-state index is 0.197. The summed E-state index contributed by atoms with van der Waals surface area (Å²) < 4.78 is 5.53. The lowest BCUT2D eigenvalue weighted by molar-refractivity contribution is -0.116. The van der Waals surface area contributed by atoms with Gasteiger partial charge in [-0.05, 0) is 38.5 Å². The maximum Gasteiger partial charge on any atom is 0.251 e. The van der Waals surface area contributed by atoms with Crippen molar-refractivity contribution in [1.82, 2.24) is 0 Å². The Kier molecular flexibility index (Phi) is 5.39. The van der Waals surface area contributed by atoms with Gasteiger partial charge in [0.05, 0.1) is 18.6 Å². The van der Waals surface area contributed by atoms with Crippen molar-refractivity contribution in [2.75, 3.05) is 11.9 Å². The molecule has 1 aromatic carbocycles. The molecule has 0 bridgehead atoms. The number of nitrogens with one attached hydrogen (secondary N) is 1. The number of hydrogen-bond acceptors (Lipinski definition) is 4. The van der Waals surface area contributed by atoms with Crippen LogP contribution in [0, 0.1) is 20.8 Å². The van der Waals surface area contributed by atoms with Crippen molar-refractivity contribution in [3.63, 3.8) is 0 Å². The fraction of sp³-hybridized carbons (Fsp3) is 0.294. The number of primary amides is 1. The molecule has 0 unspecified atom stereocenters. The lowest BCUT2D eigenvalue weighted by atomic mass is 10.1. The number of thiophene rings is 1. The van der Waals surface area contributed by atoms with Crippen LogP contribution in [-0.4, -0.2) is 18.4 Å². The van der Waals surface area contributed by atoms with E-state index in [1.165, 1.54) is 11.3 Å². The average molecular weight is 332 g/mol. The summed E-state index contributed by atoms with van der Waals surface area (Å²) in [7, 11) is 0. The van der Waals surface area contributed by atoms with Gasteiger partial charge >= 0.3 is 0 Å². The molecule has 5 nitrogen and oxygen atoms in total. The van der Waals surface area contributed by atoms with E-state index >= 15 is 0 Å². The third kappa shape index (κ3) is 4.32. The van der Waals surface area contributed by atoms with Crippen LogP contribution in [0.15, 0.2) is 24.3 Å². The van der Waals surface area contributed by atoms with E-state index < -0.39 is 5.91 Å². The molecule has 0 atom stereocenters. The molecule has 122 valence electrons. The lowest BCUT2D eigenvalue weighted by Crippen LogP contribution is -2.18. The first kappa shape index (κ1) is 17.0. The van der Waals surface area contributed by atoms with E-state index in [-0.39, 0.29) is 18.9 Å². The highest BCUT2D eigenvalue weighted by Gasteiger charge is 2.18. The summed E-state index contributed by atoms with van der Waals surface area (Å²) in [5, 5.41) is 3.25. The van der Waals surface area contributed by atoms with Gasteiger partial charge in [-0.25, -0.2) is 0 Å². The van der Waals surface area contributed by atoms with Crippen LogP contribution >= 0.6 is 11.3 Å². The maximum atomic E-state index is 12.0. The molecule has 0 saturated carbocycles. The van der Waals surface area contributed by atoms with E-state index in [4.69, 9.17) is 10.5 Å². The molecule has 0 aliphatic heterocycles. The molecule has 6 heteroatoms. The van der Waals surface area contributed by atoms with Crippen LogP contribution in [-0.2, 0) is 4.79 Å². The SMILES string of the molecule is Cc1ccc(OCCC(=O)Nc2sc(C)c(C)c2C(N)=O)cc1. The molecule has 2 aromatic rings. The van der Waals surface area contributed by atoms with E-state index in [0.717, 1.165) is 21.8 Å². The predicted octanol–water partition coefficient (Wildman–Crippen LogP) is 3.18. The van der Waals surface area contributed by atoms with Crippen LogP contribution in [0.1, 0.15) is 32.8 Å². The number of anilines is 1. The number of amides is 2. The van der Waals surface area contributed by atoms with Crippen LogP contribution in [0.2, 0.25) is 0 Å². The quantitative estimate of drug-likeness (QED) is 0.852. The third-order valence-corrected chi connectivity index (χ3v) is 4.63. The van der Waals surface area contributed by atoms with Crippen molar-refractivity contribution in [3.05, 3.63) is 45.8 Å². The van der Waals surface area contributed by atoms with Crippen molar-refractivity contribution < 1.29 is 14.3 Å². The first-order chi connectivity index (χ1) is 10.9. The smallest absolute Gasteiger partial charge is 0.251 e. The molecule has 1 aromatic heterocycles. The minimum Gasteiger partial charge on any atom is -0.493 e. The van der Waals surface area contributed by atoms with Crippen LogP contribution in [0.5, 0.6) is 5.75 Å². The number of aryl methyl sites for hydroxylation is 2. The molecular formula is C17H20N2O3S. The summed E-state index contributed by atoms with van der Waals surface area (Å²) in [6.07, 6.45) is 0.197. The molecule has 0 spiro atoms. The normalized spacial score (nSPS) is 10.4. The second-order valence-electron chi connectivity index (χ2n) is 5.31. The summed E-state index contributed by atoms with van der Waals surface area (Å²) in [5.41, 5.74) is 7.74. The Morgan fingerprint density at radius 1 is 1.17 bits per heavy atom. The minimum atomic E-state index is -0.530. The van der Waals surface area contributed by atoms with Gasteiger partial charge in [-0.2, -0.15) is 0 Å². The molecule has 0 fully saturated rings. The second-order valence-corrected chi connectivity index (χ2v) is 6.54. The number of carbonyl (C=O) groups excluding carboxylic acids is 2. The Hall–Kier alpha value is -2.34. The highest BCUT2D eigenvalue weighted by molar-refractivity contribution is 7.16. The Morgan fingerprint density at radius 3 is 2.43 bits per heavy atom. The van der Waals surface area contributed by atoms with Gasteiger partial charge in [-0.15, -0.1) is 11.3 Å². The number of benzene rings is 1. The largest absolute Gasteiger partial charge is 0.493 e. The number of rotatable bonds is 6. The van der Waals surface area contributed by atoms with E-state index in [1.807, 2.05) is 45.0 Å². The fourth-order valence-electron chi connectivity index (χ4n) is 2.10. The highest BCUT2D eigenvalue weighted by atomic mass is 32.1. The zero-order valence-corrected chi connectivity index (χ0v) is 14.3. The monoisotopic (exact) mass is 332 g/mol. The first-order valence-corrected chi connectivity index (χ1v) is 8.09. The van der Waals surface area contributed by atoms with Crippen molar-refractivity contribution in [2.45, 2.75) is 27.2 Å². The summed E-state index contributed by atoms with van der Waals surface area (Å²) in [5.74, 6) is -0.0112. The van der Waals surface area contributed by atoms with Gasteiger partial charge in [-0.3, -0.25) is 9.59 Å². The molecule has 0 radical (unpaired) electrons. The zero-order chi connectivity index (χ0) is 17.0. The lowest BCUT2D eigenvalue weighted by Gasteiger charge is -2.07. The molecule has 0 aliphatic carbocycles. The van der Waals surface area contributed by atoms with E-state index in [0.29, 0.717) is 10.6 Å². The summed E-state index contributed by atoms with van der Waals surface area (Å²) in [6, 6.07) is 7.63. The van der Waals surface area contributed by atoms with E-state index in [1.54, 1.807) is 0 Å². The number of carbonyl (C=O) groups is 2. The molecule has 2 amide bonds. The fourth-order valence-corrected chi connectivity index (χ4v) is 3.18. The van der Waals surface area contributed by atoms with Gasteiger partial charge in [0.25, 0.3) is 5.91 Å². The highest BCUT2D eigenvalue weighted by Crippen LogP contribution is 2.32. The van der Waals surface area contributed by atoms with Crippen LogP contribution < -0.4 is 15.8 Å². The van der Waals surface area contributed by atoms with E-state index in [2.05, 4.69) is 5.32 Å². The predicted molar refractivity (Wildman–Crippen MR) is 92.2 cm³/mol. The molecule has 0 saturated heterocycles. The third-order valence-electron chi connectivity index (χ3n) is 3.50. The van der Waals surface area contributed by atoms with Crippen LogP contribution in [0.4, 0.5) is 5.00 Å². The van der Waals surface area contributed by atoms with Gasteiger partial charge in [0.15, 0.2) is 0 Å². The van der Waals surface area contributed by atoms with Gasteiger partial charge in [0, 0.05) is 4.88 Å². The van der Waals surface area contributed by atoms with Gasteiger partial charge in [0.2, 0.25) is 5.91 Å². The van der Waals surface area contributed by atoms with Crippen molar-refractivity contribution in [3.8, 4) is 5.75 Å². The van der Waals surface area contributed by atoms with Crippen molar-refractivity contribution in [2.24, 2.45) is 5.73 Å². The van der Waals surface area contributed by atoms with E-state index in [9.17, 15) is 9.59 Å². The summed E-state index contributed by atoms with van der Waals surface area (Å²) >= 11 is 1.36. The Bertz CT molecular complexity index is 720. The molecular weight excluding hydrogens is 312 g/mol. The number of nitrogens with two attached hydrogens (primary N) is 1. The molecule has 1 heterocycles. The number of hydrogen-bond donors (Lipinski definition) is 2. The molecule has 2 rings (SSSR count). The molecule has 3 N–H and O–H groups in total. The topological polar surface area (TPSA) is 81.4 Å². The van der Waals surface area contributed by atoms with Crippen LogP contribution in [0.3, 0.4) is 0 Å². The summed E-state index contributed by atoms with van der Waals surface area (Å²) in [6.45, 7) is 5.98. The molecule has 0 aliphatic rings. The Balaban J connectivity index is 1.91. The Labute approximate surface area is 139 Å². The maximum absolute atomic E-state index is 12.0. The Morgan fingerprint density at radius 2 is 1.83 bits per heavy atom.